The van der Waals surface area contributed by atoms with Crippen LogP contribution in [0, 0.1) is 6.92 Å². The van der Waals surface area contributed by atoms with Crippen molar-refractivity contribution in [3.63, 3.8) is 0 Å². The van der Waals surface area contributed by atoms with E-state index in [0.29, 0.717) is 11.3 Å². The number of aromatic nitrogens is 2. The third kappa shape index (κ3) is 3.31. The maximum absolute atomic E-state index is 12.5. The first-order chi connectivity index (χ1) is 11.9. The van der Waals surface area contributed by atoms with Gasteiger partial charge in [-0.25, -0.2) is 4.98 Å². The van der Waals surface area contributed by atoms with Crippen LogP contribution in [0.3, 0.4) is 0 Å². The number of rotatable bonds is 4. The Morgan fingerprint density at radius 2 is 1.88 bits per heavy atom. The van der Waals surface area contributed by atoms with Gasteiger partial charge in [0.05, 0.1) is 11.1 Å². The Bertz CT molecular complexity index is 975. The summed E-state index contributed by atoms with van der Waals surface area (Å²) in [5, 5.41) is 0. The Labute approximate surface area is 145 Å². The van der Waals surface area contributed by atoms with E-state index in [9.17, 15) is 9.59 Å². The molecule has 0 atom stereocenters. The Morgan fingerprint density at radius 3 is 2.60 bits per heavy atom. The molecule has 0 saturated heterocycles. The Kier molecular flexibility index (Phi) is 4.40. The first-order valence-electron chi connectivity index (χ1n) is 8.10. The van der Waals surface area contributed by atoms with E-state index >= 15 is 0 Å². The summed E-state index contributed by atoms with van der Waals surface area (Å²) in [4.78, 5) is 29.2. The van der Waals surface area contributed by atoms with Gasteiger partial charge in [0.2, 0.25) is 0 Å². The molecular weight excluding hydrogens is 316 g/mol. The fourth-order valence-corrected chi connectivity index (χ4v) is 2.68. The van der Waals surface area contributed by atoms with Crippen molar-refractivity contribution in [1.82, 2.24) is 9.38 Å². The van der Waals surface area contributed by atoms with Gasteiger partial charge < -0.3 is 4.74 Å². The van der Waals surface area contributed by atoms with Crippen molar-refractivity contribution < 1.29 is 9.53 Å². The number of ether oxygens (including phenoxy) is 1. The number of hydrogen-bond donors (Lipinski definition) is 0. The Balaban J connectivity index is 1.82. The van der Waals surface area contributed by atoms with Crippen LogP contribution in [0.4, 0.5) is 0 Å². The summed E-state index contributed by atoms with van der Waals surface area (Å²) >= 11 is 0. The normalized spacial score (nSPS) is 11.5. The minimum Gasteiger partial charge on any atom is -0.459 e. The quantitative estimate of drug-likeness (QED) is 0.687. The molecule has 5 heteroatoms. The number of nitrogens with zero attached hydrogens (tertiary/aromatic N) is 2. The highest BCUT2D eigenvalue weighted by Crippen LogP contribution is 2.24. The molecule has 0 N–H and O–H groups in total. The minimum atomic E-state index is -0.775. The minimum absolute atomic E-state index is 0.0326. The van der Waals surface area contributed by atoms with Gasteiger partial charge >= 0.3 is 5.97 Å². The second-order valence-electron chi connectivity index (χ2n) is 6.54. The fourth-order valence-electron chi connectivity index (χ4n) is 2.68. The van der Waals surface area contributed by atoms with Crippen molar-refractivity contribution in [3.8, 4) is 0 Å². The van der Waals surface area contributed by atoms with Crippen LogP contribution in [0.1, 0.15) is 30.7 Å². The van der Waals surface area contributed by atoms with Gasteiger partial charge in [-0.2, -0.15) is 0 Å². The lowest BCUT2D eigenvalue weighted by Gasteiger charge is -2.23. The second-order valence-corrected chi connectivity index (χ2v) is 6.54. The summed E-state index contributed by atoms with van der Waals surface area (Å²) in [6.07, 6.45) is 1.67. The molecule has 1 aromatic carbocycles. The summed E-state index contributed by atoms with van der Waals surface area (Å²) in [5.41, 5.74) is 1.81. The molecule has 5 nitrogen and oxygen atoms in total. The molecule has 0 saturated carbocycles. The van der Waals surface area contributed by atoms with Crippen LogP contribution < -0.4 is 5.56 Å². The lowest BCUT2D eigenvalue weighted by molar-refractivity contribution is -0.150. The molecule has 0 unspecified atom stereocenters. The van der Waals surface area contributed by atoms with E-state index in [-0.39, 0.29) is 18.1 Å². The van der Waals surface area contributed by atoms with Crippen LogP contribution in [-0.4, -0.2) is 15.4 Å². The molecule has 0 radical (unpaired) electrons. The van der Waals surface area contributed by atoms with Crippen LogP contribution >= 0.6 is 0 Å². The molecule has 2 heterocycles. The maximum Gasteiger partial charge on any atom is 0.316 e. The zero-order valence-electron chi connectivity index (χ0n) is 14.5. The van der Waals surface area contributed by atoms with Crippen LogP contribution in [0.15, 0.2) is 59.5 Å². The topological polar surface area (TPSA) is 60.7 Å². The van der Waals surface area contributed by atoms with Gasteiger partial charge in [-0.3, -0.25) is 14.0 Å². The predicted octanol–water partition coefficient (Wildman–Crippen LogP) is 3.02. The highest BCUT2D eigenvalue weighted by molar-refractivity contribution is 5.82. The van der Waals surface area contributed by atoms with Crippen LogP contribution in [0.5, 0.6) is 0 Å². The van der Waals surface area contributed by atoms with Crippen LogP contribution in [0.2, 0.25) is 0 Å². The van der Waals surface area contributed by atoms with Gasteiger partial charge in [0.25, 0.3) is 5.56 Å². The van der Waals surface area contributed by atoms with Crippen molar-refractivity contribution in [2.24, 2.45) is 0 Å². The van der Waals surface area contributed by atoms with E-state index in [1.165, 1.54) is 10.5 Å². The first kappa shape index (κ1) is 16.9. The highest BCUT2D eigenvalue weighted by Gasteiger charge is 2.31. The summed E-state index contributed by atoms with van der Waals surface area (Å²) in [6.45, 7) is 5.49. The number of aryl methyl sites for hydroxylation is 1. The van der Waals surface area contributed by atoms with Crippen molar-refractivity contribution in [3.05, 3.63) is 81.9 Å². The molecule has 0 spiro atoms. The molecule has 0 fully saturated rings. The lowest BCUT2D eigenvalue weighted by atomic mass is 9.85. The van der Waals surface area contributed by atoms with Gasteiger partial charge in [0.15, 0.2) is 0 Å². The number of fused-ring (bicyclic) bond motifs is 1. The summed E-state index contributed by atoms with van der Waals surface area (Å²) in [7, 11) is 0. The zero-order chi connectivity index (χ0) is 18.0. The number of pyridine rings is 1. The second kappa shape index (κ2) is 6.51. The highest BCUT2D eigenvalue weighted by atomic mass is 16.5. The number of esters is 1. The van der Waals surface area contributed by atoms with Gasteiger partial charge in [0.1, 0.15) is 12.3 Å². The van der Waals surface area contributed by atoms with Crippen molar-refractivity contribution in [2.45, 2.75) is 32.8 Å². The van der Waals surface area contributed by atoms with E-state index in [1.54, 1.807) is 12.3 Å². The molecule has 25 heavy (non-hydrogen) atoms. The van der Waals surface area contributed by atoms with Crippen molar-refractivity contribution >= 4 is 11.6 Å². The first-order valence-corrected chi connectivity index (χ1v) is 8.10. The number of carbonyl (C=O) groups is 1. The number of benzene rings is 1. The lowest BCUT2D eigenvalue weighted by Crippen LogP contribution is -2.31. The van der Waals surface area contributed by atoms with E-state index in [2.05, 4.69) is 4.98 Å². The number of carbonyl (C=O) groups excluding carboxylic acids is 1. The Morgan fingerprint density at radius 1 is 1.16 bits per heavy atom. The maximum atomic E-state index is 12.5. The van der Waals surface area contributed by atoms with Gasteiger partial charge in [-0.05, 0) is 38.0 Å². The van der Waals surface area contributed by atoms with Crippen molar-refractivity contribution in [1.29, 1.82) is 0 Å². The van der Waals surface area contributed by atoms with Crippen LogP contribution in [-0.2, 0) is 21.6 Å². The fraction of sp³-hybridized carbons (Fsp3) is 0.250. The molecule has 3 rings (SSSR count). The number of hydrogen-bond acceptors (Lipinski definition) is 4. The molecule has 0 aliphatic heterocycles. The van der Waals surface area contributed by atoms with Crippen LogP contribution in [0.25, 0.3) is 5.65 Å². The van der Waals surface area contributed by atoms with Gasteiger partial charge in [-0.1, -0.05) is 36.4 Å². The standard InChI is InChI=1S/C20H20N2O3/c1-14-8-7-11-22-17(23)12-16(21-18(14)22)13-25-19(24)20(2,3)15-9-5-4-6-10-15/h4-12H,13H2,1-3H3. The van der Waals surface area contributed by atoms with E-state index < -0.39 is 5.41 Å². The molecule has 0 aliphatic carbocycles. The van der Waals surface area contributed by atoms with E-state index in [1.807, 2.05) is 57.2 Å². The molecule has 3 aromatic rings. The third-order valence-electron chi connectivity index (χ3n) is 4.30. The molecule has 0 aliphatic rings. The molecule has 0 amide bonds. The molecule has 128 valence electrons. The summed E-state index contributed by atoms with van der Waals surface area (Å²) < 4.78 is 6.92. The van der Waals surface area contributed by atoms with Crippen molar-refractivity contribution in [2.75, 3.05) is 0 Å². The monoisotopic (exact) mass is 336 g/mol. The van der Waals surface area contributed by atoms with E-state index in [0.717, 1.165) is 11.1 Å². The van der Waals surface area contributed by atoms with Gasteiger partial charge in [0, 0.05) is 12.3 Å². The SMILES string of the molecule is Cc1cccn2c(=O)cc(COC(=O)C(C)(C)c3ccccc3)nc12. The third-order valence-corrected chi connectivity index (χ3v) is 4.30. The Hall–Kier alpha value is -2.95. The zero-order valence-corrected chi connectivity index (χ0v) is 14.5. The van der Waals surface area contributed by atoms with Gasteiger partial charge in [-0.15, -0.1) is 0 Å². The largest absolute Gasteiger partial charge is 0.459 e. The predicted molar refractivity (Wildman–Crippen MR) is 95.5 cm³/mol. The average Bonchev–Trinajstić information content (AvgIpc) is 2.61. The van der Waals surface area contributed by atoms with E-state index in [4.69, 9.17) is 4.74 Å². The molecular formula is C20H20N2O3. The summed E-state index contributed by atoms with van der Waals surface area (Å²) in [5.74, 6) is -0.356. The summed E-state index contributed by atoms with van der Waals surface area (Å²) in [6, 6.07) is 14.5. The molecule has 0 bridgehead atoms. The smallest absolute Gasteiger partial charge is 0.316 e. The molecule has 2 aromatic heterocycles. The average molecular weight is 336 g/mol.